The van der Waals surface area contributed by atoms with E-state index in [0.29, 0.717) is 23.7 Å². The van der Waals surface area contributed by atoms with Gasteiger partial charge >= 0.3 is 0 Å². The van der Waals surface area contributed by atoms with Crippen molar-refractivity contribution in [2.24, 2.45) is 5.73 Å². The number of aryl methyl sites for hydroxylation is 1. The second-order valence-electron chi connectivity index (χ2n) is 6.64. The van der Waals surface area contributed by atoms with Crippen molar-refractivity contribution >= 4 is 17.5 Å². The molecule has 2 aromatic rings. The van der Waals surface area contributed by atoms with Crippen molar-refractivity contribution in [2.75, 3.05) is 25.0 Å². The molecule has 0 unspecified atom stereocenters. The summed E-state index contributed by atoms with van der Waals surface area (Å²) >= 11 is 0. The van der Waals surface area contributed by atoms with Crippen molar-refractivity contribution in [2.45, 2.75) is 32.2 Å². The SMILES string of the molecule is CCn1ccnc1[C@@H]1CCCN(CC(=O)Nc2ccc(C(N)=O)cc2)C1. The Labute approximate surface area is 153 Å². The second kappa shape index (κ2) is 8.14. The molecule has 2 heterocycles. The van der Waals surface area contributed by atoms with E-state index in [0.717, 1.165) is 38.3 Å². The normalized spacial score (nSPS) is 17.8. The summed E-state index contributed by atoms with van der Waals surface area (Å²) < 4.78 is 2.18. The molecule has 26 heavy (non-hydrogen) atoms. The summed E-state index contributed by atoms with van der Waals surface area (Å²) in [5.41, 5.74) is 6.31. The van der Waals surface area contributed by atoms with Gasteiger partial charge in [-0.3, -0.25) is 14.5 Å². The number of carbonyl (C=O) groups excluding carboxylic acids is 2. The van der Waals surface area contributed by atoms with Crippen LogP contribution in [0.5, 0.6) is 0 Å². The number of nitrogens with one attached hydrogen (secondary N) is 1. The molecule has 1 aromatic carbocycles. The molecule has 0 aliphatic carbocycles. The number of primary amides is 1. The molecule has 1 aliphatic heterocycles. The van der Waals surface area contributed by atoms with Crippen LogP contribution in [0.2, 0.25) is 0 Å². The van der Waals surface area contributed by atoms with E-state index in [-0.39, 0.29) is 5.91 Å². The van der Waals surface area contributed by atoms with Gasteiger partial charge < -0.3 is 15.6 Å². The predicted molar refractivity (Wildman–Crippen MR) is 99.9 cm³/mol. The molecular formula is C19H25N5O2. The minimum atomic E-state index is -0.479. The second-order valence-corrected chi connectivity index (χ2v) is 6.64. The maximum Gasteiger partial charge on any atom is 0.248 e. The number of imidazole rings is 1. The van der Waals surface area contributed by atoms with E-state index in [1.807, 2.05) is 12.4 Å². The topological polar surface area (TPSA) is 93.2 Å². The lowest BCUT2D eigenvalue weighted by molar-refractivity contribution is -0.117. The monoisotopic (exact) mass is 355 g/mol. The predicted octanol–water partition coefficient (Wildman–Crippen LogP) is 1.82. The number of carbonyl (C=O) groups is 2. The van der Waals surface area contributed by atoms with Crippen molar-refractivity contribution in [3.63, 3.8) is 0 Å². The smallest absolute Gasteiger partial charge is 0.248 e. The Hall–Kier alpha value is -2.67. The first-order valence-corrected chi connectivity index (χ1v) is 9.00. The van der Waals surface area contributed by atoms with Gasteiger partial charge in [-0.05, 0) is 50.6 Å². The van der Waals surface area contributed by atoms with Gasteiger partial charge in [0.1, 0.15) is 5.82 Å². The number of amides is 2. The number of hydrogen-bond acceptors (Lipinski definition) is 4. The van der Waals surface area contributed by atoms with E-state index in [1.54, 1.807) is 24.3 Å². The number of benzene rings is 1. The zero-order valence-electron chi connectivity index (χ0n) is 15.0. The summed E-state index contributed by atoms with van der Waals surface area (Å²) in [5.74, 6) is 0.935. The number of hydrogen-bond donors (Lipinski definition) is 2. The highest BCUT2D eigenvalue weighted by Gasteiger charge is 2.25. The summed E-state index contributed by atoms with van der Waals surface area (Å²) in [6, 6.07) is 6.60. The number of nitrogens with two attached hydrogens (primary N) is 1. The minimum Gasteiger partial charge on any atom is -0.366 e. The molecule has 1 fully saturated rings. The van der Waals surface area contributed by atoms with Gasteiger partial charge in [-0.2, -0.15) is 0 Å². The summed E-state index contributed by atoms with van der Waals surface area (Å²) in [5, 5.41) is 2.87. The van der Waals surface area contributed by atoms with Crippen molar-refractivity contribution in [1.29, 1.82) is 0 Å². The van der Waals surface area contributed by atoms with Crippen LogP contribution < -0.4 is 11.1 Å². The lowest BCUT2D eigenvalue weighted by Gasteiger charge is -2.32. The minimum absolute atomic E-state index is 0.0590. The third-order valence-corrected chi connectivity index (χ3v) is 4.78. The van der Waals surface area contributed by atoms with E-state index in [1.165, 1.54) is 0 Å². The fourth-order valence-electron chi connectivity index (χ4n) is 3.48. The standard InChI is InChI=1S/C19H25N5O2/c1-2-24-11-9-21-19(24)15-4-3-10-23(12-15)13-17(25)22-16-7-5-14(6-8-16)18(20)26/h5-9,11,15H,2-4,10,12-13H2,1H3,(H2,20,26)(H,22,25)/t15-/m1/s1. The third-order valence-electron chi connectivity index (χ3n) is 4.78. The Morgan fingerprint density at radius 3 is 2.77 bits per heavy atom. The lowest BCUT2D eigenvalue weighted by atomic mass is 9.97. The van der Waals surface area contributed by atoms with Gasteiger partial charge in [0.25, 0.3) is 0 Å². The highest BCUT2D eigenvalue weighted by molar-refractivity contribution is 5.95. The molecule has 7 nitrogen and oxygen atoms in total. The Kier molecular flexibility index (Phi) is 5.68. The molecule has 1 aromatic heterocycles. The first kappa shape index (κ1) is 18.1. The van der Waals surface area contributed by atoms with Crippen molar-refractivity contribution in [3.05, 3.63) is 48.0 Å². The summed E-state index contributed by atoms with van der Waals surface area (Å²) in [4.78, 5) is 30.1. The van der Waals surface area contributed by atoms with E-state index in [2.05, 4.69) is 26.7 Å². The van der Waals surface area contributed by atoms with E-state index < -0.39 is 5.91 Å². The number of likely N-dealkylation sites (tertiary alicyclic amines) is 1. The van der Waals surface area contributed by atoms with Crippen LogP contribution in [0.25, 0.3) is 0 Å². The average molecular weight is 355 g/mol. The summed E-state index contributed by atoms with van der Waals surface area (Å²) in [6.07, 6.45) is 6.02. The van der Waals surface area contributed by atoms with Gasteiger partial charge in [-0.1, -0.05) is 0 Å². The molecule has 0 saturated carbocycles. The van der Waals surface area contributed by atoms with Gasteiger partial charge in [-0.25, -0.2) is 4.98 Å². The molecule has 0 bridgehead atoms. The fourth-order valence-corrected chi connectivity index (χ4v) is 3.48. The van der Waals surface area contributed by atoms with E-state index in [4.69, 9.17) is 5.73 Å². The van der Waals surface area contributed by atoms with Crippen LogP contribution in [0, 0.1) is 0 Å². The maximum absolute atomic E-state index is 12.4. The van der Waals surface area contributed by atoms with Crippen LogP contribution in [0.3, 0.4) is 0 Å². The molecule has 3 N–H and O–H groups in total. The summed E-state index contributed by atoms with van der Waals surface area (Å²) in [6.45, 7) is 5.12. The zero-order valence-corrected chi connectivity index (χ0v) is 15.0. The van der Waals surface area contributed by atoms with Gasteiger partial charge in [0.15, 0.2) is 0 Å². The first-order chi connectivity index (χ1) is 12.6. The number of piperidine rings is 1. The van der Waals surface area contributed by atoms with Crippen LogP contribution >= 0.6 is 0 Å². The van der Waals surface area contributed by atoms with E-state index >= 15 is 0 Å². The molecule has 7 heteroatoms. The van der Waals surface area contributed by atoms with Gasteiger partial charge in [0, 0.05) is 42.7 Å². The van der Waals surface area contributed by atoms with Crippen LogP contribution in [0.4, 0.5) is 5.69 Å². The maximum atomic E-state index is 12.4. The number of aromatic nitrogens is 2. The number of nitrogens with zero attached hydrogens (tertiary/aromatic N) is 3. The highest BCUT2D eigenvalue weighted by Crippen LogP contribution is 2.25. The van der Waals surface area contributed by atoms with Gasteiger partial charge in [-0.15, -0.1) is 0 Å². The molecule has 3 rings (SSSR count). The van der Waals surface area contributed by atoms with Gasteiger partial charge in [0.05, 0.1) is 6.54 Å². The van der Waals surface area contributed by atoms with E-state index in [9.17, 15) is 9.59 Å². The Morgan fingerprint density at radius 1 is 1.31 bits per heavy atom. The Bertz CT molecular complexity index is 768. The lowest BCUT2D eigenvalue weighted by Crippen LogP contribution is -2.40. The molecule has 1 aliphatic rings. The van der Waals surface area contributed by atoms with Gasteiger partial charge in [0.2, 0.25) is 11.8 Å². The van der Waals surface area contributed by atoms with Crippen LogP contribution in [-0.4, -0.2) is 45.9 Å². The van der Waals surface area contributed by atoms with Crippen molar-refractivity contribution < 1.29 is 9.59 Å². The first-order valence-electron chi connectivity index (χ1n) is 9.00. The molecule has 0 spiro atoms. The van der Waals surface area contributed by atoms with Crippen LogP contribution in [0.15, 0.2) is 36.7 Å². The van der Waals surface area contributed by atoms with Crippen LogP contribution in [-0.2, 0) is 11.3 Å². The molecule has 1 atom stereocenters. The molecule has 2 amide bonds. The highest BCUT2D eigenvalue weighted by atomic mass is 16.2. The molecule has 1 saturated heterocycles. The van der Waals surface area contributed by atoms with Crippen molar-refractivity contribution in [3.8, 4) is 0 Å². The summed E-state index contributed by atoms with van der Waals surface area (Å²) in [7, 11) is 0. The van der Waals surface area contributed by atoms with Crippen LogP contribution in [0.1, 0.15) is 41.9 Å². The quantitative estimate of drug-likeness (QED) is 0.826. The molecule has 138 valence electrons. The van der Waals surface area contributed by atoms with Crippen molar-refractivity contribution in [1.82, 2.24) is 14.5 Å². The Morgan fingerprint density at radius 2 is 2.08 bits per heavy atom. The number of anilines is 1. The average Bonchev–Trinajstić information content (AvgIpc) is 3.11. The number of rotatable bonds is 6. The third kappa shape index (κ3) is 4.29. The largest absolute Gasteiger partial charge is 0.366 e. The molecular weight excluding hydrogens is 330 g/mol. The zero-order chi connectivity index (χ0) is 18.5. The molecule has 0 radical (unpaired) electrons. The fraction of sp³-hybridized carbons (Fsp3) is 0.421. The Balaban J connectivity index is 1.56.